The Kier molecular flexibility index (Phi) is 6.43. The molecule has 0 amide bonds. The molecule has 0 saturated heterocycles. The van der Waals surface area contributed by atoms with Gasteiger partial charge in [0, 0.05) is 10.8 Å². The first-order chi connectivity index (χ1) is 28.7. The molecule has 0 aliphatic heterocycles. The van der Waals surface area contributed by atoms with Crippen LogP contribution in [0.5, 0.6) is 0 Å². The molecule has 0 fully saturated rings. The fourth-order valence-electron chi connectivity index (χ4n) is 10.6. The van der Waals surface area contributed by atoms with E-state index in [1.165, 1.54) is 93.2 Å². The van der Waals surface area contributed by atoms with E-state index in [-0.39, 0.29) is 0 Å². The van der Waals surface area contributed by atoms with E-state index in [1.807, 2.05) is 6.07 Å². The van der Waals surface area contributed by atoms with Crippen molar-refractivity contribution >= 4 is 65.0 Å². The lowest BCUT2D eigenvalue weighted by atomic mass is 9.67. The van der Waals surface area contributed by atoms with Gasteiger partial charge in [-0.25, -0.2) is 0 Å². The van der Waals surface area contributed by atoms with Gasteiger partial charge in [0.25, 0.3) is 0 Å². The summed E-state index contributed by atoms with van der Waals surface area (Å²) in [6, 6.07) is 76.7. The van der Waals surface area contributed by atoms with Gasteiger partial charge in [0.15, 0.2) is 0 Å². The molecular weight excluding hydrogens is 701 g/mol. The zero-order valence-electron chi connectivity index (χ0n) is 31.5. The fraction of sp³-hybridized carbons (Fsp3) is 0.0175. The lowest BCUT2D eigenvalue weighted by Crippen LogP contribution is -2.28. The highest BCUT2D eigenvalue weighted by Crippen LogP contribution is 2.60. The number of benzene rings is 11. The number of furan rings is 1. The van der Waals surface area contributed by atoms with Gasteiger partial charge >= 0.3 is 0 Å². The van der Waals surface area contributed by atoms with Crippen LogP contribution in [0.2, 0.25) is 0 Å². The number of hydrogen-bond donors (Lipinski definition) is 0. The largest absolute Gasteiger partial charge is 0.456 e. The van der Waals surface area contributed by atoms with E-state index in [0.29, 0.717) is 0 Å². The molecule has 1 aliphatic carbocycles. The van der Waals surface area contributed by atoms with E-state index in [9.17, 15) is 0 Å². The van der Waals surface area contributed by atoms with E-state index >= 15 is 0 Å². The van der Waals surface area contributed by atoms with Crippen LogP contribution in [0.3, 0.4) is 0 Å². The third-order valence-electron chi connectivity index (χ3n) is 13.0. The summed E-state index contributed by atoms with van der Waals surface area (Å²) in [5.74, 6) is 0. The summed E-state index contributed by atoms with van der Waals surface area (Å²) in [5, 5.41) is 12.5. The second-order valence-electron chi connectivity index (χ2n) is 16.0. The standard InChI is InChI=1S/C57H34O/c1-3-15-43(16-4-1)57(44-17-5-2-6-18-44)49-32-37(42-30-39-24-22-35-13-11-14-36-23-25-40(31-42)54(39)53(35)36)26-29-48(49)56-50(57)33-38-12-7-8-19-45(38)55(56)41-27-28-47-46-20-9-10-21-51(46)58-52(47)34-41/h1-34H. The van der Waals surface area contributed by atoms with Crippen LogP contribution in [0, 0.1) is 0 Å². The number of para-hydroxylation sites is 1. The second-order valence-corrected chi connectivity index (χ2v) is 16.0. The SMILES string of the molecule is c1ccc(C2(c3ccccc3)c3cc(-c4cc5ccc6cccc7ccc(c4)c5c67)ccc3-c3c2cc2ccccc2c3-c2ccc3c(c2)oc2ccccc23)cc1. The summed E-state index contributed by atoms with van der Waals surface area (Å²) in [6.45, 7) is 0. The molecule has 268 valence electrons. The minimum atomic E-state index is -0.582. The molecule has 1 heterocycles. The molecule has 1 aromatic heterocycles. The van der Waals surface area contributed by atoms with Crippen LogP contribution in [0.25, 0.3) is 98.4 Å². The first-order valence-corrected chi connectivity index (χ1v) is 20.2. The monoisotopic (exact) mass is 734 g/mol. The zero-order valence-corrected chi connectivity index (χ0v) is 31.5. The molecule has 11 aromatic carbocycles. The van der Waals surface area contributed by atoms with E-state index in [0.717, 1.165) is 27.5 Å². The third-order valence-corrected chi connectivity index (χ3v) is 13.0. The molecule has 1 aliphatic rings. The Morgan fingerprint density at radius 3 is 1.64 bits per heavy atom. The summed E-state index contributed by atoms with van der Waals surface area (Å²) in [7, 11) is 0. The van der Waals surface area contributed by atoms with Gasteiger partial charge in [-0.15, -0.1) is 0 Å². The quantitative estimate of drug-likeness (QED) is 0.164. The Labute approximate surface area is 335 Å². The first-order valence-electron chi connectivity index (χ1n) is 20.2. The van der Waals surface area contributed by atoms with Crippen molar-refractivity contribution in [2.75, 3.05) is 0 Å². The molecule has 1 heteroatoms. The average Bonchev–Trinajstić information content (AvgIpc) is 3.80. The van der Waals surface area contributed by atoms with Gasteiger partial charge in [0.2, 0.25) is 0 Å². The van der Waals surface area contributed by atoms with Gasteiger partial charge in [-0.05, 0) is 141 Å². The van der Waals surface area contributed by atoms with Gasteiger partial charge in [-0.3, -0.25) is 0 Å². The Hall–Kier alpha value is -7.48. The van der Waals surface area contributed by atoms with Crippen LogP contribution in [-0.2, 0) is 5.41 Å². The van der Waals surface area contributed by atoms with Crippen LogP contribution < -0.4 is 0 Å². The highest BCUT2D eigenvalue weighted by Gasteiger charge is 2.47. The average molecular weight is 735 g/mol. The predicted octanol–water partition coefficient (Wildman–Crippen LogP) is 15.3. The molecule has 58 heavy (non-hydrogen) atoms. The molecule has 0 N–H and O–H groups in total. The topological polar surface area (TPSA) is 13.1 Å². The Morgan fingerprint density at radius 1 is 0.310 bits per heavy atom. The molecule has 0 radical (unpaired) electrons. The van der Waals surface area contributed by atoms with Gasteiger partial charge in [0.05, 0.1) is 5.41 Å². The summed E-state index contributed by atoms with van der Waals surface area (Å²) >= 11 is 0. The van der Waals surface area contributed by atoms with Crippen LogP contribution >= 0.6 is 0 Å². The molecule has 0 saturated carbocycles. The van der Waals surface area contributed by atoms with Crippen molar-refractivity contribution in [1.82, 2.24) is 0 Å². The number of hydrogen-bond acceptors (Lipinski definition) is 1. The minimum Gasteiger partial charge on any atom is -0.456 e. The molecule has 0 unspecified atom stereocenters. The molecule has 0 bridgehead atoms. The maximum absolute atomic E-state index is 6.53. The van der Waals surface area contributed by atoms with Crippen LogP contribution in [0.1, 0.15) is 22.3 Å². The zero-order chi connectivity index (χ0) is 38.0. The summed E-state index contributed by atoms with van der Waals surface area (Å²) in [5.41, 5.74) is 13.7. The summed E-state index contributed by atoms with van der Waals surface area (Å²) in [6.07, 6.45) is 0. The van der Waals surface area contributed by atoms with Crippen molar-refractivity contribution in [2.24, 2.45) is 0 Å². The van der Waals surface area contributed by atoms with Crippen molar-refractivity contribution in [3.8, 4) is 33.4 Å². The van der Waals surface area contributed by atoms with Gasteiger partial charge in [-0.1, -0.05) is 164 Å². The Balaban J connectivity index is 1.14. The normalized spacial score (nSPS) is 13.3. The lowest BCUT2D eigenvalue weighted by Gasteiger charge is -2.34. The lowest BCUT2D eigenvalue weighted by molar-refractivity contribution is 0.669. The number of fused-ring (bicyclic) bond motifs is 7. The van der Waals surface area contributed by atoms with Crippen molar-refractivity contribution in [2.45, 2.75) is 5.41 Å². The van der Waals surface area contributed by atoms with E-state index < -0.39 is 5.41 Å². The maximum Gasteiger partial charge on any atom is 0.136 e. The Morgan fingerprint density at radius 2 is 0.897 bits per heavy atom. The van der Waals surface area contributed by atoms with Crippen molar-refractivity contribution in [3.05, 3.63) is 229 Å². The van der Waals surface area contributed by atoms with E-state index in [4.69, 9.17) is 4.42 Å². The predicted molar refractivity (Wildman–Crippen MR) is 243 cm³/mol. The fourth-order valence-corrected chi connectivity index (χ4v) is 10.6. The van der Waals surface area contributed by atoms with Crippen LogP contribution in [-0.4, -0.2) is 0 Å². The van der Waals surface area contributed by atoms with Gasteiger partial charge in [0.1, 0.15) is 11.2 Å². The number of rotatable bonds is 4. The molecule has 1 nitrogen and oxygen atoms in total. The highest BCUT2D eigenvalue weighted by molar-refractivity contribution is 6.24. The van der Waals surface area contributed by atoms with Crippen LogP contribution in [0.4, 0.5) is 0 Å². The van der Waals surface area contributed by atoms with Crippen molar-refractivity contribution in [1.29, 1.82) is 0 Å². The molecule has 0 spiro atoms. The molecular formula is C57H34O. The van der Waals surface area contributed by atoms with E-state index in [2.05, 4.69) is 200 Å². The molecule has 12 aromatic rings. The van der Waals surface area contributed by atoms with Crippen LogP contribution in [0.15, 0.2) is 211 Å². The highest BCUT2D eigenvalue weighted by atomic mass is 16.3. The maximum atomic E-state index is 6.53. The molecule has 0 atom stereocenters. The smallest absolute Gasteiger partial charge is 0.136 e. The molecule has 13 rings (SSSR count). The Bertz CT molecular complexity index is 3510. The van der Waals surface area contributed by atoms with Gasteiger partial charge in [-0.2, -0.15) is 0 Å². The third kappa shape index (κ3) is 4.25. The van der Waals surface area contributed by atoms with E-state index in [1.54, 1.807) is 0 Å². The van der Waals surface area contributed by atoms with Gasteiger partial charge < -0.3 is 4.42 Å². The summed E-state index contributed by atoms with van der Waals surface area (Å²) < 4.78 is 6.53. The van der Waals surface area contributed by atoms with Crippen molar-refractivity contribution < 1.29 is 4.42 Å². The minimum absolute atomic E-state index is 0.582. The first kappa shape index (κ1) is 31.7. The summed E-state index contributed by atoms with van der Waals surface area (Å²) in [4.78, 5) is 0. The second kappa shape index (κ2) is 11.8. The van der Waals surface area contributed by atoms with Crippen molar-refractivity contribution in [3.63, 3.8) is 0 Å².